The lowest BCUT2D eigenvalue weighted by atomic mass is 9.95. The van der Waals surface area contributed by atoms with Crippen molar-refractivity contribution in [2.24, 2.45) is 0 Å². The Kier molecular flexibility index (Phi) is 3.80. The SMILES string of the molecule is Fc1ccccc1C1=C(c2ccccc2F)CC(C(F)(F)F)=C1. The summed E-state index contributed by atoms with van der Waals surface area (Å²) in [7, 11) is 0. The lowest BCUT2D eigenvalue weighted by molar-refractivity contribution is -0.0923. The van der Waals surface area contributed by atoms with Crippen molar-refractivity contribution in [2.45, 2.75) is 12.6 Å². The van der Waals surface area contributed by atoms with Gasteiger partial charge in [-0.25, -0.2) is 8.78 Å². The molecule has 0 fully saturated rings. The number of halogens is 5. The van der Waals surface area contributed by atoms with Crippen molar-refractivity contribution in [1.82, 2.24) is 0 Å². The molecule has 0 amide bonds. The minimum Gasteiger partial charge on any atom is -0.206 e. The highest BCUT2D eigenvalue weighted by Crippen LogP contribution is 2.45. The zero-order chi connectivity index (χ0) is 16.6. The van der Waals surface area contributed by atoms with Gasteiger partial charge < -0.3 is 0 Å². The summed E-state index contributed by atoms with van der Waals surface area (Å²) in [6.07, 6.45) is -4.11. The van der Waals surface area contributed by atoms with Crippen molar-refractivity contribution in [3.05, 3.63) is 82.9 Å². The molecule has 0 nitrogen and oxygen atoms in total. The van der Waals surface area contributed by atoms with Gasteiger partial charge in [0, 0.05) is 23.1 Å². The topological polar surface area (TPSA) is 0 Å². The van der Waals surface area contributed by atoms with E-state index < -0.39 is 29.8 Å². The van der Waals surface area contributed by atoms with Crippen LogP contribution in [0.2, 0.25) is 0 Å². The van der Waals surface area contributed by atoms with Crippen molar-refractivity contribution < 1.29 is 22.0 Å². The van der Waals surface area contributed by atoms with E-state index in [1.165, 1.54) is 48.5 Å². The van der Waals surface area contributed by atoms with Crippen molar-refractivity contribution in [1.29, 1.82) is 0 Å². The molecule has 2 aromatic carbocycles. The van der Waals surface area contributed by atoms with Crippen LogP contribution in [0.1, 0.15) is 17.5 Å². The molecular weight excluding hydrogens is 311 g/mol. The normalized spacial score (nSPS) is 15.1. The van der Waals surface area contributed by atoms with Gasteiger partial charge in [-0.2, -0.15) is 13.2 Å². The average Bonchev–Trinajstić information content (AvgIpc) is 2.93. The van der Waals surface area contributed by atoms with Gasteiger partial charge in [-0.3, -0.25) is 0 Å². The first-order chi connectivity index (χ1) is 10.9. The van der Waals surface area contributed by atoms with Gasteiger partial charge in [0.05, 0.1) is 0 Å². The van der Waals surface area contributed by atoms with Crippen LogP contribution in [0.15, 0.2) is 60.2 Å². The van der Waals surface area contributed by atoms with E-state index in [2.05, 4.69) is 0 Å². The monoisotopic (exact) mass is 322 g/mol. The lowest BCUT2D eigenvalue weighted by Gasteiger charge is -2.11. The highest BCUT2D eigenvalue weighted by molar-refractivity contribution is 6.00. The van der Waals surface area contributed by atoms with E-state index in [4.69, 9.17) is 0 Å². The van der Waals surface area contributed by atoms with Crippen LogP contribution in [0.4, 0.5) is 22.0 Å². The van der Waals surface area contributed by atoms with E-state index in [0.717, 1.165) is 6.08 Å². The van der Waals surface area contributed by atoms with E-state index in [1.54, 1.807) is 0 Å². The molecule has 3 rings (SSSR count). The minimum absolute atomic E-state index is 0.0324. The van der Waals surface area contributed by atoms with Gasteiger partial charge in [0.2, 0.25) is 0 Å². The summed E-state index contributed by atoms with van der Waals surface area (Å²) in [6, 6.07) is 11.1. The predicted octanol–water partition coefficient (Wildman–Crippen LogP) is 5.77. The smallest absolute Gasteiger partial charge is 0.206 e. The fourth-order valence-electron chi connectivity index (χ4n) is 2.65. The predicted molar refractivity (Wildman–Crippen MR) is 78.4 cm³/mol. The second kappa shape index (κ2) is 5.65. The molecule has 0 N–H and O–H groups in total. The molecule has 0 bridgehead atoms. The van der Waals surface area contributed by atoms with E-state index >= 15 is 0 Å². The van der Waals surface area contributed by atoms with Crippen LogP contribution < -0.4 is 0 Å². The van der Waals surface area contributed by atoms with Gasteiger partial charge in [-0.15, -0.1) is 0 Å². The summed E-state index contributed by atoms with van der Waals surface area (Å²) in [6.45, 7) is 0. The summed E-state index contributed by atoms with van der Waals surface area (Å²) in [5, 5.41) is 0. The maximum Gasteiger partial charge on any atom is 0.413 e. The van der Waals surface area contributed by atoms with Crippen LogP contribution in [0.5, 0.6) is 0 Å². The molecule has 0 saturated carbocycles. The van der Waals surface area contributed by atoms with Crippen molar-refractivity contribution in [3.63, 3.8) is 0 Å². The Labute approximate surface area is 129 Å². The number of hydrogen-bond donors (Lipinski definition) is 0. The zero-order valence-corrected chi connectivity index (χ0v) is 11.8. The zero-order valence-electron chi connectivity index (χ0n) is 11.8. The Morgan fingerprint density at radius 3 is 1.78 bits per heavy atom. The third-order valence-corrected chi connectivity index (χ3v) is 3.74. The summed E-state index contributed by atoms with van der Waals surface area (Å²) in [5.74, 6) is -1.27. The molecule has 0 unspecified atom stereocenters. The average molecular weight is 322 g/mol. The first-order valence-electron chi connectivity index (χ1n) is 6.88. The van der Waals surface area contributed by atoms with E-state index in [1.807, 2.05) is 0 Å². The molecule has 1 aliphatic carbocycles. The molecule has 0 spiro atoms. The molecule has 5 heteroatoms. The van der Waals surface area contributed by atoms with E-state index in [9.17, 15) is 22.0 Å². The maximum absolute atomic E-state index is 14.0. The quantitative estimate of drug-likeness (QED) is 0.616. The molecule has 0 radical (unpaired) electrons. The molecular formula is C18H11F5. The molecule has 1 aliphatic rings. The molecule has 23 heavy (non-hydrogen) atoms. The van der Waals surface area contributed by atoms with Crippen LogP contribution >= 0.6 is 0 Å². The maximum atomic E-state index is 14.0. The van der Waals surface area contributed by atoms with Crippen molar-refractivity contribution in [3.8, 4) is 0 Å². The van der Waals surface area contributed by atoms with Gasteiger partial charge in [0.15, 0.2) is 0 Å². The highest BCUT2D eigenvalue weighted by atomic mass is 19.4. The third-order valence-electron chi connectivity index (χ3n) is 3.74. The molecule has 0 atom stereocenters. The lowest BCUT2D eigenvalue weighted by Crippen LogP contribution is -2.10. The standard InChI is InChI=1S/C18H11F5/c19-16-7-3-1-5-12(16)14-9-11(18(21,22)23)10-15(14)13-6-2-4-8-17(13)20/h1-9H,10H2. The van der Waals surface area contributed by atoms with E-state index in [0.29, 0.717) is 0 Å². The van der Waals surface area contributed by atoms with Crippen molar-refractivity contribution >= 4 is 11.1 Å². The van der Waals surface area contributed by atoms with Crippen molar-refractivity contribution in [2.75, 3.05) is 0 Å². The molecule has 118 valence electrons. The molecule has 0 aromatic heterocycles. The highest BCUT2D eigenvalue weighted by Gasteiger charge is 2.38. The third kappa shape index (κ3) is 2.91. The second-order valence-electron chi connectivity index (χ2n) is 5.20. The largest absolute Gasteiger partial charge is 0.413 e. The van der Waals surface area contributed by atoms with Crippen LogP contribution in [0.25, 0.3) is 11.1 Å². The fourth-order valence-corrected chi connectivity index (χ4v) is 2.65. The second-order valence-corrected chi connectivity index (χ2v) is 5.20. The molecule has 0 saturated heterocycles. The molecule has 0 aliphatic heterocycles. The number of benzene rings is 2. The summed E-state index contributed by atoms with van der Waals surface area (Å²) >= 11 is 0. The van der Waals surface area contributed by atoms with Gasteiger partial charge in [0.25, 0.3) is 0 Å². The van der Waals surface area contributed by atoms with Crippen LogP contribution in [-0.4, -0.2) is 6.18 Å². The summed E-state index contributed by atoms with van der Waals surface area (Å²) < 4.78 is 67.2. The number of hydrogen-bond acceptors (Lipinski definition) is 0. The number of allylic oxidation sites excluding steroid dienone is 4. The van der Waals surface area contributed by atoms with Crippen LogP contribution in [-0.2, 0) is 0 Å². The minimum atomic E-state index is -4.54. The Balaban J connectivity index is 2.20. The Hall–Kier alpha value is -2.43. The van der Waals surface area contributed by atoms with E-state index in [-0.39, 0.29) is 22.3 Å². The number of rotatable bonds is 2. The van der Waals surface area contributed by atoms with Crippen LogP contribution in [0, 0.1) is 11.6 Å². The summed E-state index contributed by atoms with van der Waals surface area (Å²) in [5.41, 5.74) is -0.513. The van der Waals surface area contributed by atoms with Crippen LogP contribution in [0.3, 0.4) is 0 Å². The van der Waals surface area contributed by atoms with Gasteiger partial charge >= 0.3 is 6.18 Å². The Morgan fingerprint density at radius 2 is 1.26 bits per heavy atom. The molecule has 2 aromatic rings. The first-order valence-corrected chi connectivity index (χ1v) is 6.88. The summed E-state index contributed by atoms with van der Waals surface area (Å²) in [4.78, 5) is 0. The van der Waals surface area contributed by atoms with Gasteiger partial charge in [-0.1, -0.05) is 36.4 Å². The molecule has 0 heterocycles. The van der Waals surface area contributed by atoms with Gasteiger partial charge in [0.1, 0.15) is 11.6 Å². The Morgan fingerprint density at radius 1 is 0.739 bits per heavy atom. The first kappa shape index (κ1) is 15.5. The van der Waals surface area contributed by atoms with Gasteiger partial charge in [-0.05, 0) is 29.4 Å². The Bertz CT molecular complexity index is 812. The number of alkyl halides is 3. The fraction of sp³-hybridized carbons (Fsp3) is 0.111.